The van der Waals surface area contributed by atoms with Gasteiger partial charge in [-0.25, -0.2) is 0 Å². The van der Waals surface area contributed by atoms with E-state index in [1.165, 1.54) is 0 Å². The maximum absolute atomic E-state index is 12.5. The van der Waals surface area contributed by atoms with Crippen LogP contribution in [0.25, 0.3) is 0 Å². The predicted molar refractivity (Wildman–Crippen MR) is 79.2 cm³/mol. The van der Waals surface area contributed by atoms with Crippen molar-refractivity contribution in [1.29, 1.82) is 0 Å². The molecule has 1 heterocycles. The number of rotatable bonds is 2. The number of hydrogen-bond donors (Lipinski definition) is 1. The van der Waals surface area contributed by atoms with Crippen LogP contribution < -0.4 is 15.0 Å². The van der Waals surface area contributed by atoms with Gasteiger partial charge in [-0.05, 0) is 17.7 Å². The van der Waals surface area contributed by atoms with Crippen molar-refractivity contribution in [2.24, 2.45) is 0 Å². The maximum atomic E-state index is 12.5. The first-order valence-corrected chi connectivity index (χ1v) is 6.48. The molecule has 1 aliphatic heterocycles. The molecule has 2 aromatic carbocycles. The molecule has 1 amide bonds. The molecule has 3 rings (SSSR count). The lowest BCUT2D eigenvalue weighted by Gasteiger charge is -2.33. The van der Waals surface area contributed by atoms with Gasteiger partial charge >= 0.3 is 0 Å². The summed E-state index contributed by atoms with van der Waals surface area (Å²) in [6.07, 6.45) is 0. The minimum atomic E-state index is -0.360. The Morgan fingerprint density at radius 3 is 2.60 bits per heavy atom. The van der Waals surface area contributed by atoms with Gasteiger partial charge in [0, 0.05) is 13.1 Å². The summed E-state index contributed by atoms with van der Waals surface area (Å²) in [6.45, 7) is 0. The number of nitrogens with one attached hydrogen (secondary N) is 1. The van der Waals surface area contributed by atoms with Gasteiger partial charge < -0.3 is 15.0 Å². The Balaban J connectivity index is 2.03. The van der Waals surface area contributed by atoms with Crippen LogP contribution in [0.1, 0.15) is 11.6 Å². The van der Waals surface area contributed by atoms with Crippen LogP contribution in [-0.4, -0.2) is 20.1 Å². The predicted octanol–water partition coefficient (Wildman–Crippen LogP) is 2.82. The van der Waals surface area contributed by atoms with Crippen LogP contribution in [0.5, 0.6) is 5.75 Å². The number of hydrogen-bond acceptors (Lipinski definition) is 3. The highest BCUT2D eigenvalue weighted by Crippen LogP contribution is 2.37. The standard InChI is InChI=1S/C16H16N2O2/c1-18-14-9-8-12(20-2)10-13(14)17-15(16(18)19)11-6-4-3-5-7-11/h3-10,15,17H,1-2H3. The van der Waals surface area contributed by atoms with E-state index in [0.717, 1.165) is 22.7 Å². The summed E-state index contributed by atoms with van der Waals surface area (Å²) in [5, 5.41) is 3.30. The first-order valence-electron chi connectivity index (χ1n) is 6.48. The minimum Gasteiger partial charge on any atom is -0.497 e. The van der Waals surface area contributed by atoms with E-state index in [4.69, 9.17) is 4.74 Å². The lowest BCUT2D eigenvalue weighted by Crippen LogP contribution is -2.39. The van der Waals surface area contributed by atoms with Gasteiger partial charge in [0.1, 0.15) is 11.8 Å². The summed E-state index contributed by atoms with van der Waals surface area (Å²) in [7, 11) is 3.43. The molecule has 2 aromatic rings. The number of anilines is 2. The summed E-state index contributed by atoms with van der Waals surface area (Å²) < 4.78 is 5.24. The van der Waals surface area contributed by atoms with Crippen LogP contribution in [0.15, 0.2) is 48.5 Å². The van der Waals surface area contributed by atoms with Crippen LogP contribution in [0.3, 0.4) is 0 Å². The molecule has 0 aromatic heterocycles. The average molecular weight is 268 g/mol. The zero-order valence-corrected chi connectivity index (χ0v) is 11.5. The lowest BCUT2D eigenvalue weighted by molar-refractivity contribution is -0.119. The molecular formula is C16H16N2O2. The fraction of sp³-hybridized carbons (Fsp3) is 0.188. The van der Waals surface area contributed by atoms with E-state index in [9.17, 15) is 4.79 Å². The van der Waals surface area contributed by atoms with Gasteiger partial charge in [0.15, 0.2) is 0 Å². The molecule has 0 saturated heterocycles. The third kappa shape index (κ3) is 1.99. The van der Waals surface area contributed by atoms with Gasteiger partial charge in [-0.15, -0.1) is 0 Å². The van der Waals surface area contributed by atoms with Gasteiger partial charge in [0.25, 0.3) is 5.91 Å². The number of fused-ring (bicyclic) bond motifs is 1. The number of ether oxygens (including phenoxy) is 1. The summed E-state index contributed by atoms with van der Waals surface area (Å²) in [5.74, 6) is 0.805. The van der Waals surface area contributed by atoms with E-state index >= 15 is 0 Å². The van der Waals surface area contributed by atoms with Crippen molar-refractivity contribution in [1.82, 2.24) is 0 Å². The Kier molecular flexibility index (Phi) is 3.06. The molecule has 0 radical (unpaired) electrons. The summed E-state index contributed by atoms with van der Waals surface area (Å²) in [6, 6.07) is 15.0. The fourth-order valence-corrected chi connectivity index (χ4v) is 2.45. The zero-order chi connectivity index (χ0) is 14.1. The fourth-order valence-electron chi connectivity index (χ4n) is 2.45. The molecule has 4 heteroatoms. The molecule has 1 N–H and O–H groups in total. The number of benzene rings is 2. The van der Waals surface area contributed by atoms with Crippen molar-refractivity contribution in [2.75, 3.05) is 24.4 Å². The van der Waals surface area contributed by atoms with Gasteiger partial charge in [-0.1, -0.05) is 30.3 Å². The highest BCUT2D eigenvalue weighted by Gasteiger charge is 2.31. The van der Waals surface area contributed by atoms with E-state index in [-0.39, 0.29) is 11.9 Å². The number of carbonyl (C=O) groups is 1. The molecule has 4 nitrogen and oxygen atoms in total. The second-order valence-electron chi connectivity index (χ2n) is 4.77. The van der Waals surface area contributed by atoms with Crippen LogP contribution in [0, 0.1) is 0 Å². The summed E-state index contributed by atoms with van der Waals surface area (Å²) in [4.78, 5) is 14.2. The quantitative estimate of drug-likeness (QED) is 0.910. The molecule has 1 unspecified atom stereocenters. The molecule has 0 spiro atoms. The molecule has 0 aliphatic carbocycles. The van der Waals surface area contributed by atoms with E-state index in [1.807, 2.05) is 48.5 Å². The van der Waals surface area contributed by atoms with Gasteiger partial charge in [-0.3, -0.25) is 4.79 Å². The Morgan fingerprint density at radius 1 is 1.15 bits per heavy atom. The molecular weight excluding hydrogens is 252 g/mol. The summed E-state index contributed by atoms with van der Waals surface area (Å²) in [5.41, 5.74) is 2.72. The Hall–Kier alpha value is -2.49. The molecule has 0 fully saturated rings. The van der Waals surface area contributed by atoms with Crippen LogP contribution >= 0.6 is 0 Å². The number of methoxy groups -OCH3 is 1. The zero-order valence-electron chi connectivity index (χ0n) is 11.5. The number of likely N-dealkylation sites (N-methyl/N-ethyl adjacent to an activating group) is 1. The second kappa shape index (κ2) is 4.89. The minimum absolute atomic E-state index is 0.0360. The van der Waals surface area contributed by atoms with Crippen LogP contribution in [0.2, 0.25) is 0 Å². The van der Waals surface area contributed by atoms with Crippen LogP contribution in [-0.2, 0) is 4.79 Å². The van der Waals surface area contributed by atoms with E-state index < -0.39 is 0 Å². The largest absolute Gasteiger partial charge is 0.497 e. The first kappa shape index (κ1) is 12.5. The highest BCUT2D eigenvalue weighted by molar-refractivity contribution is 6.05. The first-order chi connectivity index (χ1) is 9.70. The third-order valence-corrected chi connectivity index (χ3v) is 3.58. The number of amides is 1. The molecule has 102 valence electrons. The SMILES string of the molecule is COc1ccc2c(c1)NC(c1ccccc1)C(=O)N2C. The van der Waals surface area contributed by atoms with Crippen molar-refractivity contribution in [2.45, 2.75) is 6.04 Å². The molecule has 0 bridgehead atoms. The lowest BCUT2D eigenvalue weighted by atomic mass is 10.0. The third-order valence-electron chi connectivity index (χ3n) is 3.58. The molecule has 0 saturated carbocycles. The highest BCUT2D eigenvalue weighted by atomic mass is 16.5. The van der Waals surface area contributed by atoms with E-state index in [0.29, 0.717) is 0 Å². The van der Waals surface area contributed by atoms with Crippen molar-refractivity contribution in [3.63, 3.8) is 0 Å². The number of nitrogens with zero attached hydrogens (tertiary/aromatic N) is 1. The van der Waals surface area contributed by atoms with Crippen molar-refractivity contribution in [3.05, 3.63) is 54.1 Å². The maximum Gasteiger partial charge on any atom is 0.253 e. The Bertz CT molecular complexity index is 640. The van der Waals surface area contributed by atoms with Gasteiger partial charge in [-0.2, -0.15) is 0 Å². The van der Waals surface area contributed by atoms with Crippen molar-refractivity contribution >= 4 is 17.3 Å². The summed E-state index contributed by atoms with van der Waals surface area (Å²) >= 11 is 0. The Morgan fingerprint density at radius 2 is 1.90 bits per heavy atom. The van der Waals surface area contributed by atoms with E-state index in [1.54, 1.807) is 19.1 Å². The van der Waals surface area contributed by atoms with Crippen molar-refractivity contribution in [3.8, 4) is 5.75 Å². The monoisotopic (exact) mass is 268 g/mol. The van der Waals surface area contributed by atoms with Gasteiger partial charge in [0.2, 0.25) is 0 Å². The Labute approximate surface area is 118 Å². The topological polar surface area (TPSA) is 41.6 Å². The second-order valence-corrected chi connectivity index (χ2v) is 4.77. The smallest absolute Gasteiger partial charge is 0.253 e. The average Bonchev–Trinajstić information content (AvgIpc) is 2.51. The van der Waals surface area contributed by atoms with Crippen LogP contribution in [0.4, 0.5) is 11.4 Å². The van der Waals surface area contributed by atoms with Crippen molar-refractivity contribution < 1.29 is 9.53 Å². The molecule has 20 heavy (non-hydrogen) atoms. The molecule has 1 aliphatic rings. The van der Waals surface area contributed by atoms with E-state index in [2.05, 4.69) is 5.32 Å². The normalized spacial score (nSPS) is 17.4. The van der Waals surface area contributed by atoms with Gasteiger partial charge in [0.05, 0.1) is 18.5 Å². The number of carbonyl (C=O) groups excluding carboxylic acids is 1. The molecule has 1 atom stereocenters.